The second-order valence-corrected chi connectivity index (χ2v) is 11.9. The first kappa shape index (κ1) is 27.5. The van der Waals surface area contributed by atoms with Gasteiger partial charge in [-0.3, -0.25) is 19.1 Å². The molecule has 0 aliphatic heterocycles. The summed E-state index contributed by atoms with van der Waals surface area (Å²) in [6.45, 7) is 1.49. The molecule has 2 aromatic heterocycles. The number of amides is 1. The number of aliphatic hydroxyl groups excluding tert-OH is 1. The number of anilines is 1. The lowest BCUT2D eigenvalue weighted by Crippen LogP contribution is -2.34. The minimum absolute atomic E-state index is 0.0241. The quantitative estimate of drug-likeness (QED) is 0.325. The van der Waals surface area contributed by atoms with Crippen LogP contribution in [0.15, 0.2) is 34.7 Å². The summed E-state index contributed by atoms with van der Waals surface area (Å²) in [7, 11) is -6.03. The molecule has 3 rings (SSSR count). The van der Waals surface area contributed by atoms with Gasteiger partial charge in [0.2, 0.25) is 31.7 Å². The summed E-state index contributed by atoms with van der Waals surface area (Å²) in [5, 5.41) is 13.8. The monoisotopic (exact) mass is 542 g/mol. The number of hydrogen-bond acceptors (Lipinski definition) is 9. The first-order valence-electron chi connectivity index (χ1n) is 10.7. The van der Waals surface area contributed by atoms with E-state index in [2.05, 4.69) is 10.3 Å². The van der Waals surface area contributed by atoms with Gasteiger partial charge in [0.1, 0.15) is 23.6 Å². The lowest BCUT2D eigenvalue weighted by molar-refractivity contribution is -0.119. The van der Waals surface area contributed by atoms with E-state index in [0.29, 0.717) is 22.1 Å². The first-order chi connectivity index (χ1) is 16.7. The number of nitrogens with zero attached hydrogens (tertiary/aromatic N) is 2. The van der Waals surface area contributed by atoms with Crippen LogP contribution in [0.5, 0.6) is 0 Å². The third-order valence-electron chi connectivity index (χ3n) is 5.24. The van der Waals surface area contributed by atoms with E-state index in [-0.39, 0.29) is 36.7 Å². The fourth-order valence-corrected chi connectivity index (χ4v) is 5.16. The molecule has 36 heavy (non-hydrogen) atoms. The largest absolute Gasteiger partial charge is 0.437 e. The summed E-state index contributed by atoms with van der Waals surface area (Å²) in [5.41, 5.74) is 1.33. The molecule has 2 heterocycles. The van der Waals surface area contributed by atoms with Gasteiger partial charge in [0.15, 0.2) is 0 Å². The summed E-state index contributed by atoms with van der Waals surface area (Å²) in [5.74, 6) is -0.916. The number of nitrogens with one attached hydrogen (secondary N) is 2. The van der Waals surface area contributed by atoms with Gasteiger partial charge < -0.3 is 9.52 Å². The molecule has 1 atom stereocenters. The lowest BCUT2D eigenvalue weighted by Gasteiger charge is -2.22. The highest BCUT2D eigenvalue weighted by molar-refractivity contribution is 7.92. The smallest absolute Gasteiger partial charge is 0.233 e. The molecule has 1 unspecified atom stereocenters. The van der Waals surface area contributed by atoms with Crippen molar-refractivity contribution in [1.82, 2.24) is 15.0 Å². The van der Waals surface area contributed by atoms with Crippen LogP contribution in [0.2, 0.25) is 0 Å². The lowest BCUT2D eigenvalue weighted by atomic mass is 10.0. The second kappa shape index (κ2) is 10.5. The number of aliphatic hydroxyl groups is 1. The van der Waals surface area contributed by atoms with Crippen molar-refractivity contribution in [1.29, 1.82) is 0 Å². The van der Waals surface area contributed by atoms with Gasteiger partial charge in [-0.1, -0.05) is 0 Å². The molecule has 1 aromatic carbocycles. The van der Waals surface area contributed by atoms with Gasteiger partial charge in [0, 0.05) is 23.9 Å². The number of halogens is 1. The summed E-state index contributed by atoms with van der Waals surface area (Å²) in [6.07, 6.45) is 0.471. The fourth-order valence-electron chi connectivity index (χ4n) is 3.69. The van der Waals surface area contributed by atoms with Crippen molar-refractivity contribution in [3.8, 4) is 11.3 Å². The van der Waals surface area contributed by atoms with Gasteiger partial charge in [0.25, 0.3) is 0 Å². The number of benzene rings is 1. The Balaban J connectivity index is 2.04. The highest BCUT2D eigenvalue weighted by Crippen LogP contribution is 2.38. The predicted molar refractivity (Wildman–Crippen MR) is 133 cm³/mol. The van der Waals surface area contributed by atoms with E-state index in [9.17, 15) is 31.1 Å². The number of carbonyl (C=O) groups is 1. The molecule has 3 aromatic rings. The molecular formula is C22H27FN4O7S2. The Hall–Kier alpha value is -3.07. The summed E-state index contributed by atoms with van der Waals surface area (Å²) in [6, 6.07) is 7.08. The molecule has 3 N–H and O–H groups in total. The maximum atomic E-state index is 13.4. The Morgan fingerprint density at radius 3 is 2.39 bits per heavy atom. The maximum absolute atomic E-state index is 13.4. The van der Waals surface area contributed by atoms with Crippen molar-refractivity contribution < 1.29 is 35.5 Å². The number of aromatic nitrogens is 1. The molecule has 0 aliphatic carbocycles. The van der Waals surface area contributed by atoms with Crippen LogP contribution in [0.25, 0.3) is 22.4 Å². The van der Waals surface area contributed by atoms with Crippen LogP contribution in [0, 0.1) is 12.7 Å². The topological polar surface area (TPSA) is 159 Å². The third kappa shape index (κ3) is 6.37. The van der Waals surface area contributed by atoms with Crippen LogP contribution in [0.4, 0.5) is 10.2 Å². The fraction of sp³-hybridized carbons (Fsp3) is 0.364. The normalized spacial score (nSPS) is 13.1. The maximum Gasteiger partial charge on any atom is 0.233 e. The molecule has 0 fully saturated rings. The molecular weight excluding hydrogens is 515 g/mol. The Morgan fingerprint density at radius 1 is 1.19 bits per heavy atom. The zero-order valence-corrected chi connectivity index (χ0v) is 21.7. The van der Waals surface area contributed by atoms with Crippen molar-refractivity contribution in [2.45, 2.75) is 26.0 Å². The van der Waals surface area contributed by atoms with Crippen molar-refractivity contribution in [3.63, 3.8) is 0 Å². The molecule has 196 valence electrons. The minimum atomic E-state index is -3.85. The van der Waals surface area contributed by atoms with Crippen molar-refractivity contribution >= 4 is 42.9 Å². The Bertz CT molecular complexity index is 1490. The summed E-state index contributed by atoms with van der Waals surface area (Å²) in [4.78, 5) is 16.2. The SMILES string of the molecule is CNC(O)c1c(-c2ccc(F)cc2)oc2nc(N(CCCC(=O)NS(C)(=O)=O)S(C)(=O)=O)c(C)cc12. The van der Waals surface area contributed by atoms with Gasteiger partial charge in [-0.15, -0.1) is 0 Å². The van der Waals surface area contributed by atoms with Crippen LogP contribution in [0.3, 0.4) is 0 Å². The number of pyridine rings is 1. The Kier molecular flexibility index (Phi) is 8.03. The molecule has 0 spiro atoms. The molecule has 0 aliphatic rings. The second-order valence-electron chi connectivity index (χ2n) is 8.26. The molecule has 1 amide bonds. The Morgan fingerprint density at radius 2 is 1.83 bits per heavy atom. The van der Waals surface area contributed by atoms with Gasteiger partial charge >= 0.3 is 0 Å². The van der Waals surface area contributed by atoms with Gasteiger partial charge in [0.05, 0.1) is 18.1 Å². The van der Waals surface area contributed by atoms with Crippen LogP contribution in [-0.4, -0.2) is 58.9 Å². The Labute approximate surface area is 208 Å². The predicted octanol–water partition coefficient (Wildman–Crippen LogP) is 1.77. The van der Waals surface area contributed by atoms with Crippen LogP contribution >= 0.6 is 0 Å². The highest BCUT2D eigenvalue weighted by Gasteiger charge is 2.27. The van der Waals surface area contributed by atoms with E-state index in [1.54, 1.807) is 13.0 Å². The van der Waals surface area contributed by atoms with E-state index < -0.39 is 38.0 Å². The van der Waals surface area contributed by atoms with Crippen LogP contribution in [0.1, 0.15) is 30.2 Å². The highest BCUT2D eigenvalue weighted by atomic mass is 32.2. The number of carbonyl (C=O) groups excluding carboxylic acids is 1. The first-order valence-corrected chi connectivity index (χ1v) is 14.5. The standard InChI is InChI=1S/C22H27FN4O7S2/c1-13-12-16-18(21(29)24-2)19(14-7-9-15(23)10-8-14)34-22(16)25-20(13)27(36(4,32)33)11-5-6-17(28)26-35(3,30)31/h7-10,12,21,24,29H,5-6,11H2,1-4H3,(H,26,28). The van der Waals surface area contributed by atoms with E-state index >= 15 is 0 Å². The number of hydrogen-bond donors (Lipinski definition) is 3. The third-order valence-corrected chi connectivity index (χ3v) is 6.99. The van der Waals surface area contributed by atoms with Gasteiger partial charge in [-0.25, -0.2) is 21.2 Å². The molecule has 0 saturated heterocycles. The van der Waals surface area contributed by atoms with Crippen LogP contribution in [-0.2, 0) is 24.8 Å². The van der Waals surface area contributed by atoms with E-state index in [4.69, 9.17) is 4.42 Å². The molecule has 0 radical (unpaired) electrons. The van der Waals surface area contributed by atoms with Crippen molar-refractivity contribution in [2.75, 3.05) is 30.4 Å². The number of sulfonamides is 2. The average Bonchev–Trinajstić information content (AvgIpc) is 3.12. The molecule has 11 nitrogen and oxygen atoms in total. The average molecular weight is 543 g/mol. The number of furan rings is 1. The van der Waals surface area contributed by atoms with E-state index in [1.165, 1.54) is 31.3 Å². The summed E-state index contributed by atoms with van der Waals surface area (Å²) < 4.78 is 69.8. The van der Waals surface area contributed by atoms with Gasteiger partial charge in [-0.2, -0.15) is 4.98 Å². The number of rotatable bonds is 10. The minimum Gasteiger partial charge on any atom is -0.437 e. The molecule has 0 bridgehead atoms. The molecule has 0 saturated carbocycles. The van der Waals surface area contributed by atoms with E-state index in [1.807, 2.05) is 4.72 Å². The zero-order valence-electron chi connectivity index (χ0n) is 20.1. The van der Waals surface area contributed by atoms with Gasteiger partial charge in [-0.05, 0) is 56.3 Å². The van der Waals surface area contributed by atoms with Crippen LogP contribution < -0.4 is 14.3 Å². The number of aryl methyl sites for hydroxylation is 1. The zero-order chi connectivity index (χ0) is 26.8. The molecule has 14 heteroatoms. The summed E-state index contributed by atoms with van der Waals surface area (Å²) >= 11 is 0. The number of fused-ring (bicyclic) bond motifs is 1. The van der Waals surface area contributed by atoms with Crippen molar-refractivity contribution in [3.05, 3.63) is 47.3 Å². The van der Waals surface area contributed by atoms with Crippen molar-refractivity contribution in [2.24, 2.45) is 0 Å². The van der Waals surface area contributed by atoms with E-state index in [0.717, 1.165) is 16.8 Å².